The van der Waals surface area contributed by atoms with E-state index in [1.54, 1.807) is 0 Å². The molecule has 1 saturated heterocycles. The number of benzene rings is 1. The van der Waals surface area contributed by atoms with Gasteiger partial charge in [-0.2, -0.15) is 0 Å². The number of aryl methyl sites for hydroxylation is 1. The minimum Gasteiger partial charge on any atom is -0.378 e. The second kappa shape index (κ2) is 7.63. The van der Waals surface area contributed by atoms with Crippen molar-refractivity contribution >= 4 is 11.6 Å². The highest BCUT2D eigenvalue weighted by Gasteiger charge is 2.16. The molecule has 1 aromatic rings. The average Bonchev–Trinajstić information content (AvgIpc) is 3.07. The first-order valence-corrected chi connectivity index (χ1v) is 8.52. The van der Waals surface area contributed by atoms with Gasteiger partial charge in [-0.15, -0.1) is 0 Å². The molecular weight excluding hydrogens is 276 g/mol. The summed E-state index contributed by atoms with van der Waals surface area (Å²) >= 11 is 0. The summed E-state index contributed by atoms with van der Waals surface area (Å²) in [7, 11) is 0. The Morgan fingerprint density at radius 1 is 1.14 bits per heavy atom. The molecular formula is C18H26N2O2. The van der Waals surface area contributed by atoms with Crippen LogP contribution in [0, 0.1) is 0 Å². The highest BCUT2D eigenvalue weighted by atomic mass is 16.5. The number of rotatable bonds is 5. The standard InChI is InChI=1S/C18H26N2O2/c21-18(19-16-3-1-2-4-16)10-7-15-5-8-17(9-6-15)20-11-13-22-14-12-20/h5-6,8-9,16H,1-4,7,10-14H2,(H,19,21). The molecule has 0 aromatic heterocycles. The molecule has 2 fully saturated rings. The second-order valence-electron chi connectivity index (χ2n) is 6.31. The van der Waals surface area contributed by atoms with Crippen molar-refractivity contribution in [2.75, 3.05) is 31.2 Å². The molecule has 1 heterocycles. The Hall–Kier alpha value is -1.55. The lowest BCUT2D eigenvalue weighted by Crippen LogP contribution is -2.36. The van der Waals surface area contributed by atoms with E-state index < -0.39 is 0 Å². The maximum Gasteiger partial charge on any atom is 0.220 e. The summed E-state index contributed by atoms with van der Waals surface area (Å²) in [4.78, 5) is 14.3. The van der Waals surface area contributed by atoms with E-state index in [4.69, 9.17) is 4.74 Å². The molecule has 0 radical (unpaired) electrons. The van der Waals surface area contributed by atoms with Crippen molar-refractivity contribution < 1.29 is 9.53 Å². The van der Waals surface area contributed by atoms with Crippen molar-refractivity contribution in [1.29, 1.82) is 0 Å². The lowest BCUT2D eigenvalue weighted by molar-refractivity contribution is -0.121. The van der Waals surface area contributed by atoms with Gasteiger partial charge in [-0.25, -0.2) is 0 Å². The molecule has 0 spiro atoms. The van der Waals surface area contributed by atoms with Crippen molar-refractivity contribution in [3.05, 3.63) is 29.8 Å². The third-order valence-electron chi connectivity index (χ3n) is 4.67. The zero-order valence-corrected chi connectivity index (χ0v) is 13.2. The van der Waals surface area contributed by atoms with E-state index in [2.05, 4.69) is 34.5 Å². The predicted molar refractivity (Wildman–Crippen MR) is 88.2 cm³/mol. The molecule has 1 amide bonds. The Morgan fingerprint density at radius 2 is 1.82 bits per heavy atom. The molecule has 3 rings (SSSR count). The third kappa shape index (κ3) is 4.23. The molecule has 1 N–H and O–H groups in total. The number of hydrogen-bond acceptors (Lipinski definition) is 3. The van der Waals surface area contributed by atoms with Gasteiger partial charge < -0.3 is 15.0 Å². The summed E-state index contributed by atoms with van der Waals surface area (Å²) in [5, 5.41) is 3.15. The maximum absolute atomic E-state index is 12.0. The van der Waals surface area contributed by atoms with Crippen LogP contribution in [-0.4, -0.2) is 38.3 Å². The maximum atomic E-state index is 12.0. The SMILES string of the molecule is O=C(CCc1ccc(N2CCOCC2)cc1)NC1CCCC1. The van der Waals surface area contributed by atoms with Crippen LogP contribution in [0.5, 0.6) is 0 Å². The monoisotopic (exact) mass is 302 g/mol. The van der Waals surface area contributed by atoms with Gasteiger partial charge in [0.15, 0.2) is 0 Å². The molecule has 0 unspecified atom stereocenters. The van der Waals surface area contributed by atoms with Gasteiger partial charge in [-0.3, -0.25) is 4.79 Å². The van der Waals surface area contributed by atoms with Gasteiger partial charge in [0.2, 0.25) is 5.91 Å². The van der Waals surface area contributed by atoms with Crippen molar-refractivity contribution in [2.24, 2.45) is 0 Å². The number of amides is 1. The Balaban J connectivity index is 1.45. The minimum atomic E-state index is 0.198. The van der Waals surface area contributed by atoms with Crippen LogP contribution in [-0.2, 0) is 16.0 Å². The van der Waals surface area contributed by atoms with Gasteiger partial charge in [-0.05, 0) is 37.0 Å². The Kier molecular flexibility index (Phi) is 5.33. The van der Waals surface area contributed by atoms with Gasteiger partial charge in [0.25, 0.3) is 0 Å². The topological polar surface area (TPSA) is 41.6 Å². The highest BCUT2D eigenvalue weighted by Crippen LogP contribution is 2.19. The van der Waals surface area contributed by atoms with Crippen molar-refractivity contribution in [1.82, 2.24) is 5.32 Å². The summed E-state index contributed by atoms with van der Waals surface area (Å²) in [5.74, 6) is 0.198. The molecule has 4 heteroatoms. The van der Waals surface area contributed by atoms with Crippen LogP contribution >= 0.6 is 0 Å². The number of morpholine rings is 1. The molecule has 1 aliphatic heterocycles. The van der Waals surface area contributed by atoms with E-state index in [1.165, 1.54) is 24.1 Å². The number of nitrogens with one attached hydrogen (secondary N) is 1. The number of ether oxygens (including phenoxy) is 1. The first-order chi connectivity index (χ1) is 10.8. The van der Waals surface area contributed by atoms with Crippen LogP contribution in [0.2, 0.25) is 0 Å². The normalized spacial score (nSPS) is 19.4. The van der Waals surface area contributed by atoms with Crippen LogP contribution in [0.3, 0.4) is 0 Å². The van der Waals surface area contributed by atoms with E-state index in [0.29, 0.717) is 12.5 Å². The zero-order valence-electron chi connectivity index (χ0n) is 13.2. The molecule has 0 atom stereocenters. The van der Waals surface area contributed by atoms with Crippen LogP contribution in [0.1, 0.15) is 37.7 Å². The molecule has 4 nitrogen and oxygen atoms in total. The highest BCUT2D eigenvalue weighted by molar-refractivity contribution is 5.76. The molecule has 0 bridgehead atoms. The summed E-state index contributed by atoms with van der Waals surface area (Å²) in [6.07, 6.45) is 6.23. The predicted octanol–water partition coefficient (Wildman–Crippen LogP) is 2.51. The van der Waals surface area contributed by atoms with Crippen molar-refractivity contribution in [2.45, 2.75) is 44.6 Å². The molecule has 1 aliphatic carbocycles. The van der Waals surface area contributed by atoms with Gasteiger partial charge in [0.05, 0.1) is 13.2 Å². The lowest BCUT2D eigenvalue weighted by atomic mass is 10.1. The van der Waals surface area contributed by atoms with E-state index in [9.17, 15) is 4.79 Å². The third-order valence-corrected chi connectivity index (χ3v) is 4.67. The number of carbonyl (C=O) groups excluding carboxylic acids is 1. The average molecular weight is 302 g/mol. The first kappa shape index (κ1) is 15.3. The largest absolute Gasteiger partial charge is 0.378 e. The summed E-state index contributed by atoms with van der Waals surface area (Å²) < 4.78 is 5.38. The fourth-order valence-electron chi connectivity index (χ4n) is 3.32. The van der Waals surface area contributed by atoms with Gasteiger partial charge >= 0.3 is 0 Å². The van der Waals surface area contributed by atoms with Crippen LogP contribution < -0.4 is 10.2 Å². The fraction of sp³-hybridized carbons (Fsp3) is 0.611. The Morgan fingerprint density at radius 3 is 2.50 bits per heavy atom. The van der Waals surface area contributed by atoms with Crippen molar-refractivity contribution in [3.63, 3.8) is 0 Å². The summed E-state index contributed by atoms with van der Waals surface area (Å²) in [5.41, 5.74) is 2.49. The molecule has 120 valence electrons. The Bertz CT molecular complexity index is 474. The Labute approximate surface area is 132 Å². The number of hydrogen-bond donors (Lipinski definition) is 1. The smallest absolute Gasteiger partial charge is 0.220 e. The van der Waals surface area contributed by atoms with E-state index in [1.807, 2.05) is 0 Å². The van der Waals surface area contributed by atoms with Crippen molar-refractivity contribution in [3.8, 4) is 0 Å². The number of nitrogens with zero attached hydrogens (tertiary/aromatic N) is 1. The quantitative estimate of drug-likeness (QED) is 0.908. The zero-order chi connectivity index (χ0) is 15.2. The van der Waals surface area contributed by atoms with Crippen LogP contribution in [0.15, 0.2) is 24.3 Å². The number of anilines is 1. The number of carbonyl (C=O) groups is 1. The first-order valence-electron chi connectivity index (χ1n) is 8.52. The van der Waals surface area contributed by atoms with Crippen LogP contribution in [0.4, 0.5) is 5.69 Å². The molecule has 1 saturated carbocycles. The van der Waals surface area contributed by atoms with Gasteiger partial charge in [0.1, 0.15) is 0 Å². The van der Waals surface area contributed by atoms with E-state index in [0.717, 1.165) is 45.6 Å². The second-order valence-corrected chi connectivity index (χ2v) is 6.31. The van der Waals surface area contributed by atoms with E-state index >= 15 is 0 Å². The molecule has 1 aromatic carbocycles. The summed E-state index contributed by atoms with van der Waals surface area (Å²) in [6.45, 7) is 3.54. The lowest BCUT2D eigenvalue weighted by Gasteiger charge is -2.28. The molecule has 22 heavy (non-hydrogen) atoms. The summed E-state index contributed by atoms with van der Waals surface area (Å²) in [6, 6.07) is 9.04. The van der Waals surface area contributed by atoms with E-state index in [-0.39, 0.29) is 5.91 Å². The molecule has 2 aliphatic rings. The minimum absolute atomic E-state index is 0.198. The fourth-order valence-corrected chi connectivity index (χ4v) is 3.32. The van der Waals surface area contributed by atoms with Crippen LogP contribution in [0.25, 0.3) is 0 Å². The van der Waals surface area contributed by atoms with Gasteiger partial charge in [0, 0.05) is 31.2 Å². The van der Waals surface area contributed by atoms with Gasteiger partial charge in [-0.1, -0.05) is 25.0 Å².